The fourth-order valence-corrected chi connectivity index (χ4v) is 1.95. The van der Waals surface area contributed by atoms with Gasteiger partial charge in [0.05, 0.1) is 5.69 Å². The molecular formula is C14H27N3. The molecule has 0 fully saturated rings. The minimum Gasteiger partial charge on any atom is -0.314 e. The number of rotatable bonds is 7. The molecule has 0 saturated carbocycles. The molecule has 3 nitrogen and oxygen atoms in total. The second-order valence-electron chi connectivity index (χ2n) is 5.16. The van der Waals surface area contributed by atoms with Crippen LogP contribution in [0, 0.1) is 5.92 Å². The van der Waals surface area contributed by atoms with Gasteiger partial charge in [0, 0.05) is 24.7 Å². The predicted molar refractivity (Wildman–Crippen MR) is 73.2 cm³/mol. The summed E-state index contributed by atoms with van der Waals surface area (Å²) in [6.07, 6.45) is 4.25. The molecule has 2 unspecified atom stereocenters. The first-order chi connectivity index (χ1) is 8.08. The Labute approximate surface area is 106 Å². The maximum atomic E-state index is 4.66. The molecule has 1 rings (SSSR count). The molecule has 0 aliphatic carbocycles. The number of hydrogen-bond donors (Lipinski definition) is 1. The Morgan fingerprint density at radius 2 is 2.00 bits per heavy atom. The molecule has 0 aromatic carbocycles. The van der Waals surface area contributed by atoms with Gasteiger partial charge >= 0.3 is 0 Å². The van der Waals surface area contributed by atoms with Crippen molar-refractivity contribution in [1.82, 2.24) is 15.1 Å². The van der Waals surface area contributed by atoms with E-state index in [1.54, 1.807) is 0 Å². The van der Waals surface area contributed by atoms with E-state index >= 15 is 0 Å². The summed E-state index contributed by atoms with van der Waals surface area (Å²) in [5, 5.41) is 8.20. The van der Waals surface area contributed by atoms with Crippen LogP contribution >= 0.6 is 0 Å². The molecule has 1 heterocycles. The average molecular weight is 237 g/mol. The van der Waals surface area contributed by atoms with Gasteiger partial charge in [-0.1, -0.05) is 27.7 Å². The van der Waals surface area contributed by atoms with Crippen LogP contribution in [-0.2, 0) is 6.42 Å². The van der Waals surface area contributed by atoms with E-state index in [2.05, 4.69) is 62.0 Å². The second kappa shape index (κ2) is 6.80. The minimum atomic E-state index is 0.500. The maximum Gasteiger partial charge on any atom is 0.0640 e. The molecule has 1 aromatic heterocycles. The third-order valence-corrected chi connectivity index (χ3v) is 3.41. The summed E-state index contributed by atoms with van der Waals surface area (Å²) in [6.45, 7) is 12.1. The Balaban J connectivity index is 2.63. The van der Waals surface area contributed by atoms with Crippen molar-refractivity contribution in [3.63, 3.8) is 0 Å². The van der Waals surface area contributed by atoms with Gasteiger partial charge in [-0.2, -0.15) is 5.10 Å². The fraction of sp³-hybridized carbons (Fsp3) is 0.786. The van der Waals surface area contributed by atoms with Crippen molar-refractivity contribution in [3.8, 4) is 0 Å². The molecule has 3 heteroatoms. The molecule has 0 aliphatic heterocycles. The summed E-state index contributed by atoms with van der Waals surface area (Å²) in [5.74, 6) is 0.642. The molecule has 0 saturated heterocycles. The summed E-state index contributed by atoms with van der Waals surface area (Å²) >= 11 is 0. The highest BCUT2D eigenvalue weighted by Gasteiger charge is 2.14. The number of likely N-dealkylation sites (N-methyl/N-ethyl adjacent to an activating group) is 1. The van der Waals surface area contributed by atoms with Crippen LogP contribution in [0.15, 0.2) is 12.3 Å². The maximum absolute atomic E-state index is 4.66. The van der Waals surface area contributed by atoms with Crippen LogP contribution in [0.3, 0.4) is 0 Å². The first-order valence-electron chi connectivity index (χ1n) is 6.85. The lowest BCUT2D eigenvalue weighted by Crippen LogP contribution is -2.35. The van der Waals surface area contributed by atoms with Gasteiger partial charge in [-0.15, -0.1) is 0 Å². The fourth-order valence-electron chi connectivity index (χ4n) is 1.95. The van der Waals surface area contributed by atoms with Gasteiger partial charge in [0.15, 0.2) is 0 Å². The summed E-state index contributed by atoms with van der Waals surface area (Å²) in [6, 6.07) is 3.18. The molecule has 98 valence electrons. The molecule has 0 amide bonds. The van der Waals surface area contributed by atoms with Gasteiger partial charge in [0.25, 0.3) is 0 Å². The van der Waals surface area contributed by atoms with Gasteiger partial charge in [0.2, 0.25) is 0 Å². The SMILES string of the molecule is CCNC(Cc1ccn(C(C)CC)n1)C(C)C. The van der Waals surface area contributed by atoms with Crippen LogP contribution in [0.2, 0.25) is 0 Å². The zero-order valence-corrected chi connectivity index (χ0v) is 11.9. The van der Waals surface area contributed by atoms with Crippen molar-refractivity contribution in [2.45, 2.75) is 59.5 Å². The molecule has 0 aliphatic rings. The Bertz CT molecular complexity index is 317. The smallest absolute Gasteiger partial charge is 0.0640 e. The Kier molecular flexibility index (Phi) is 5.69. The molecule has 1 N–H and O–H groups in total. The summed E-state index contributed by atoms with van der Waals surface area (Å²) in [7, 11) is 0. The van der Waals surface area contributed by atoms with E-state index in [-0.39, 0.29) is 0 Å². The molecule has 2 atom stereocenters. The molecule has 17 heavy (non-hydrogen) atoms. The number of hydrogen-bond acceptors (Lipinski definition) is 2. The molecular weight excluding hydrogens is 210 g/mol. The standard InChI is InChI=1S/C14H27N3/c1-6-12(5)17-9-8-13(16-17)10-14(11(3)4)15-7-2/h8-9,11-12,14-15H,6-7,10H2,1-5H3. The molecule has 1 aromatic rings. The van der Waals surface area contributed by atoms with Crippen LogP contribution in [-0.4, -0.2) is 22.4 Å². The van der Waals surface area contributed by atoms with Crippen molar-refractivity contribution in [2.24, 2.45) is 5.92 Å². The highest BCUT2D eigenvalue weighted by Crippen LogP contribution is 2.12. The lowest BCUT2D eigenvalue weighted by Gasteiger charge is -2.20. The second-order valence-corrected chi connectivity index (χ2v) is 5.16. The molecule has 0 spiro atoms. The zero-order chi connectivity index (χ0) is 12.8. The quantitative estimate of drug-likeness (QED) is 0.790. The highest BCUT2D eigenvalue weighted by atomic mass is 15.3. The van der Waals surface area contributed by atoms with Gasteiger partial charge in [0.1, 0.15) is 0 Å². The number of aromatic nitrogens is 2. The van der Waals surface area contributed by atoms with Gasteiger partial charge in [-0.05, 0) is 31.9 Å². The van der Waals surface area contributed by atoms with Crippen molar-refractivity contribution >= 4 is 0 Å². The van der Waals surface area contributed by atoms with E-state index in [9.17, 15) is 0 Å². The summed E-state index contributed by atoms with van der Waals surface area (Å²) < 4.78 is 2.08. The average Bonchev–Trinajstić information content (AvgIpc) is 2.76. The third-order valence-electron chi connectivity index (χ3n) is 3.41. The van der Waals surface area contributed by atoms with Crippen molar-refractivity contribution in [1.29, 1.82) is 0 Å². The van der Waals surface area contributed by atoms with E-state index in [1.165, 1.54) is 5.69 Å². The number of nitrogens with one attached hydrogen (secondary N) is 1. The normalized spacial score (nSPS) is 15.2. The minimum absolute atomic E-state index is 0.500. The Morgan fingerprint density at radius 3 is 2.53 bits per heavy atom. The molecule has 0 bridgehead atoms. The van der Waals surface area contributed by atoms with Crippen LogP contribution in [0.25, 0.3) is 0 Å². The van der Waals surface area contributed by atoms with Crippen molar-refractivity contribution in [2.75, 3.05) is 6.54 Å². The largest absolute Gasteiger partial charge is 0.314 e. The first kappa shape index (κ1) is 14.2. The lowest BCUT2D eigenvalue weighted by molar-refractivity contribution is 0.397. The highest BCUT2D eigenvalue weighted by molar-refractivity contribution is 5.02. The van der Waals surface area contributed by atoms with Crippen LogP contribution in [0.5, 0.6) is 0 Å². The first-order valence-corrected chi connectivity index (χ1v) is 6.85. The van der Waals surface area contributed by atoms with E-state index in [1.807, 2.05) is 0 Å². The lowest BCUT2D eigenvalue weighted by atomic mass is 9.99. The monoisotopic (exact) mass is 237 g/mol. The van der Waals surface area contributed by atoms with E-state index in [4.69, 9.17) is 0 Å². The summed E-state index contributed by atoms with van der Waals surface area (Å²) in [5.41, 5.74) is 1.20. The zero-order valence-electron chi connectivity index (χ0n) is 11.9. The van der Waals surface area contributed by atoms with Gasteiger partial charge in [-0.3, -0.25) is 4.68 Å². The van der Waals surface area contributed by atoms with E-state index in [0.717, 1.165) is 19.4 Å². The van der Waals surface area contributed by atoms with Crippen molar-refractivity contribution < 1.29 is 0 Å². The van der Waals surface area contributed by atoms with E-state index in [0.29, 0.717) is 18.0 Å². The Hall–Kier alpha value is -0.830. The van der Waals surface area contributed by atoms with Gasteiger partial charge in [-0.25, -0.2) is 0 Å². The molecule has 0 radical (unpaired) electrons. The summed E-state index contributed by atoms with van der Waals surface area (Å²) in [4.78, 5) is 0. The number of nitrogens with zero attached hydrogens (tertiary/aromatic N) is 2. The third kappa shape index (κ3) is 4.15. The van der Waals surface area contributed by atoms with Gasteiger partial charge < -0.3 is 5.32 Å². The van der Waals surface area contributed by atoms with Crippen LogP contribution in [0.4, 0.5) is 0 Å². The topological polar surface area (TPSA) is 29.9 Å². The van der Waals surface area contributed by atoms with E-state index < -0.39 is 0 Å². The van der Waals surface area contributed by atoms with Crippen LogP contribution in [0.1, 0.15) is 52.8 Å². The Morgan fingerprint density at radius 1 is 1.29 bits per heavy atom. The van der Waals surface area contributed by atoms with Crippen molar-refractivity contribution in [3.05, 3.63) is 18.0 Å². The van der Waals surface area contributed by atoms with Crippen LogP contribution < -0.4 is 5.32 Å². The predicted octanol–water partition coefficient (Wildman–Crippen LogP) is 3.03.